The summed E-state index contributed by atoms with van der Waals surface area (Å²) >= 11 is 0. The fourth-order valence-electron chi connectivity index (χ4n) is 0.607. The van der Waals surface area contributed by atoms with Crippen LogP contribution in [0, 0.1) is 23.2 Å². The molecule has 7 heavy (non-hydrogen) atoms. The molecular weight excluding hydrogens is 90.1 g/mol. The quantitative estimate of drug-likeness (QED) is 0.505. The van der Waals surface area contributed by atoms with Gasteiger partial charge in [0.1, 0.15) is 0 Å². The predicted molar refractivity (Wildman–Crippen MR) is 24.3 cm³/mol. The average molecular weight is 97.1 g/mol. The molecule has 38 valence electrons. The van der Waals surface area contributed by atoms with Crippen LogP contribution in [0.4, 0.5) is 0 Å². The SMILES string of the molecule is N#CC1CC1CO. The molecule has 0 aliphatic heterocycles. The average Bonchev–Trinajstić information content (AvgIpc) is 2.43. The minimum Gasteiger partial charge on any atom is -0.396 e. The molecule has 1 N–H and O–H groups in total. The lowest BCUT2D eigenvalue weighted by molar-refractivity contribution is 0.273. The van der Waals surface area contributed by atoms with Crippen molar-refractivity contribution in [2.24, 2.45) is 11.8 Å². The molecule has 2 heteroatoms. The van der Waals surface area contributed by atoms with Crippen LogP contribution in [0.1, 0.15) is 6.42 Å². The van der Waals surface area contributed by atoms with Gasteiger partial charge in [0.05, 0.1) is 12.0 Å². The van der Waals surface area contributed by atoms with Gasteiger partial charge in [0, 0.05) is 6.61 Å². The van der Waals surface area contributed by atoms with Gasteiger partial charge < -0.3 is 5.11 Å². The lowest BCUT2D eigenvalue weighted by Crippen LogP contribution is -1.84. The minimum atomic E-state index is 0.171. The molecule has 0 aromatic heterocycles. The molecule has 0 spiro atoms. The maximum Gasteiger partial charge on any atom is 0.0659 e. The standard InChI is InChI=1S/C5H7NO/c6-2-4-1-5(4)3-7/h4-5,7H,1,3H2. The van der Waals surface area contributed by atoms with Gasteiger partial charge in [-0.3, -0.25) is 0 Å². The summed E-state index contributed by atoms with van der Waals surface area (Å²) in [4.78, 5) is 0. The Kier molecular flexibility index (Phi) is 0.994. The third kappa shape index (κ3) is 0.726. The molecule has 2 unspecified atom stereocenters. The topological polar surface area (TPSA) is 44.0 Å². The second kappa shape index (κ2) is 1.51. The highest BCUT2D eigenvalue weighted by Gasteiger charge is 2.36. The second-order valence-electron chi connectivity index (χ2n) is 1.91. The number of hydrogen-bond acceptors (Lipinski definition) is 2. The third-order valence-electron chi connectivity index (χ3n) is 1.32. The van der Waals surface area contributed by atoms with E-state index in [1.165, 1.54) is 0 Å². The first kappa shape index (κ1) is 4.61. The summed E-state index contributed by atoms with van der Waals surface area (Å²) in [6.45, 7) is 0.193. The van der Waals surface area contributed by atoms with Gasteiger partial charge in [0.15, 0.2) is 0 Å². The molecular formula is C5H7NO. The van der Waals surface area contributed by atoms with Crippen molar-refractivity contribution < 1.29 is 5.11 Å². The Morgan fingerprint density at radius 2 is 2.57 bits per heavy atom. The molecule has 1 saturated carbocycles. The maximum atomic E-state index is 8.36. The Hall–Kier alpha value is -0.550. The monoisotopic (exact) mass is 97.1 g/mol. The van der Waals surface area contributed by atoms with Crippen LogP contribution in [0.2, 0.25) is 0 Å². The van der Waals surface area contributed by atoms with Crippen molar-refractivity contribution in [3.8, 4) is 6.07 Å². The van der Waals surface area contributed by atoms with E-state index >= 15 is 0 Å². The van der Waals surface area contributed by atoms with Crippen molar-refractivity contribution in [1.29, 1.82) is 5.26 Å². The van der Waals surface area contributed by atoms with E-state index < -0.39 is 0 Å². The van der Waals surface area contributed by atoms with Crippen LogP contribution in [0.15, 0.2) is 0 Å². The summed E-state index contributed by atoms with van der Waals surface area (Å²) in [5.41, 5.74) is 0. The Bertz CT molecular complexity index is 105. The largest absolute Gasteiger partial charge is 0.396 e. The molecule has 0 heterocycles. The molecule has 0 aromatic carbocycles. The van der Waals surface area contributed by atoms with Crippen molar-refractivity contribution in [2.75, 3.05) is 6.61 Å². The van der Waals surface area contributed by atoms with Crippen molar-refractivity contribution in [3.05, 3.63) is 0 Å². The number of aliphatic hydroxyl groups is 1. The first-order valence-electron chi connectivity index (χ1n) is 2.39. The first-order valence-corrected chi connectivity index (χ1v) is 2.39. The van der Waals surface area contributed by atoms with Crippen LogP contribution >= 0.6 is 0 Å². The van der Waals surface area contributed by atoms with E-state index in [0.717, 1.165) is 6.42 Å². The lowest BCUT2D eigenvalue weighted by atomic mass is 10.4. The fraction of sp³-hybridized carbons (Fsp3) is 0.800. The summed E-state index contributed by atoms with van der Waals surface area (Å²) in [5, 5.41) is 16.5. The molecule has 0 radical (unpaired) electrons. The molecule has 1 rings (SSSR count). The zero-order valence-corrected chi connectivity index (χ0v) is 3.96. The number of hydrogen-bond donors (Lipinski definition) is 1. The van der Waals surface area contributed by atoms with Crippen LogP contribution in [0.3, 0.4) is 0 Å². The Morgan fingerprint density at radius 3 is 2.71 bits per heavy atom. The molecule has 1 aliphatic carbocycles. The molecule has 1 fully saturated rings. The van der Waals surface area contributed by atoms with E-state index in [4.69, 9.17) is 10.4 Å². The van der Waals surface area contributed by atoms with Crippen LogP contribution in [-0.2, 0) is 0 Å². The van der Waals surface area contributed by atoms with E-state index in [9.17, 15) is 0 Å². The van der Waals surface area contributed by atoms with Crippen LogP contribution in [-0.4, -0.2) is 11.7 Å². The number of aliphatic hydroxyl groups excluding tert-OH is 1. The zero-order valence-electron chi connectivity index (χ0n) is 3.96. The molecule has 2 nitrogen and oxygen atoms in total. The highest BCUT2D eigenvalue weighted by atomic mass is 16.3. The van der Waals surface area contributed by atoms with Gasteiger partial charge in [-0.05, 0) is 12.3 Å². The molecule has 0 saturated heterocycles. The van der Waals surface area contributed by atoms with Crippen molar-refractivity contribution in [1.82, 2.24) is 0 Å². The van der Waals surface area contributed by atoms with Crippen molar-refractivity contribution >= 4 is 0 Å². The zero-order chi connectivity index (χ0) is 5.28. The predicted octanol–water partition coefficient (Wildman–Crippen LogP) is 0.138. The van der Waals surface area contributed by atoms with Gasteiger partial charge in [-0.25, -0.2) is 0 Å². The molecule has 0 amide bonds. The van der Waals surface area contributed by atoms with Gasteiger partial charge in [0.25, 0.3) is 0 Å². The first-order chi connectivity index (χ1) is 3.38. The van der Waals surface area contributed by atoms with Gasteiger partial charge in [-0.2, -0.15) is 5.26 Å². The summed E-state index contributed by atoms with van der Waals surface area (Å²) < 4.78 is 0. The van der Waals surface area contributed by atoms with Gasteiger partial charge in [-0.1, -0.05) is 0 Å². The summed E-state index contributed by atoms with van der Waals surface area (Å²) in [6, 6.07) is 2.08. The van der Waals surface area contributed by atoms with E-state index in [1.54, 1.807) is 0 Å². The number of nitrogens with zero attached hydrogens (tertiary/aromatic N) is 1. The van der Waals surface area contributed by atoms with Crippen molar-refractivity contribution in [2.45, 2.75) is 6.42 Å². The van der Waals surface area contributed by atoms with Crippen LogP contribution < -0.4 is 0 Å². The normalized spacial score (nSPS) is 37.1. The fourth-order valence-corrected chi connectivity index (χ4v) is 0.607. The summed E-state index contributed by atoms with van der Waals surface area (Å²) in [5.74, 6) is 0.481. The number of nitriles is 1. The molecule has 2 atom stereocenters. The van der Waals surface area contributed by atoms with E-state index in [-0.39, 0.29) is 12.5 Å². The molecule has 0 aromatic rings. The smallest absolute Gasteiger partial charge is 0.0659 e. The highest BCUT2D eigenvalue weighted by Crippen LogP contribution is 2.36. The second-order valence-corrected chi connectivity index (χ2v) is 1.91. The Labute approximate surface area is 42.4 Å². The van der Waals surface area contributed by atoms with Crippen molar-refractivity contribution in [3.63, 3.8) is 0 Å². The van der Waals surface area contributed by atoms with Gasteiger partial charge in [-0.15, -0.1) is 0 Å². The van der Waals surface area contributed by atoms with Crippen LogP contribution in [0.5, 0.6) is 0 Å². The summed E-state index contributed by atoms with van der Waals surface area (Å²) in [7, 11) is 0. The molecule has 0 bridgehead atoms. The third-order valence-corrected chi connectivity index (χ3v) is 1.32. The van der Waals surface area contributed by atoms with E-state index in [1.807, 2.05) is 0 Å². The lowest BCUT2D eigenvalue weighted by Gasteiger charge is -1.77. The minimum absolute atomic E-state index is 0.171. The molecule has 1 aliphatic rings. The van der Waals surface area contributed by atoms with Crippen LogP contribution in [0.25, 0.3) is 0 Å². The highest BCUT2D eigenvalue weighted by molar-refractivity contribution is 5.00. The van der Waals surface area contributed by atoms with Gasteiger partial charge in [0.2, 0.25) is 0 Å². The summed E-state index contributed by atoms with van der Waals surface area (Å²) in [6.07, 6.45) is 0.910. The number of rotatable bonds is 1. The van der Waals surface area contributed by atoms with E-state index in [2.05, 4.69) is 6.07 Å². The Morgan fingerprint density at radius 1 is 1.86 bits per heavy atom. The van der Waals surface area contributed by atoms with E-state index in [0.29, 0.717) is 5.92 Å². The maximum absolute atomic E-state index is 8.36. The Balaban J connectivity index is 2.21. The van der Waals surface area contributed by atoms with Gasteiger partial charge >= 0.3 is 0 Å².